The fraction of sp³-hybridized carbons (Fsp3) is 0.100. The average molecular weight is 175 g/mol. The van der Waals surface area contributed by atoms with Gasteiger partial charge < -0.3 is 10.4 Å². The first-order valence-electron chi connectivity index (χ1n) is 4.04. The molecular formula is C10H9NO2. The summed E-state index contributed by atoms with van der Waals surface area (Å²) in [5.41, 5.74) is 0.338. The molecule has 1 aliphatic heterocycles. The van der Waals surface area contributed by atoms with E-state index >= 15 is 0 Å². The van der Waals surface area contributed by atoms with Crippen LogP contribution in [-0.4, -0.2) is 17.6 Å². The molecule has 3 heteroatoms. The van der Waals surface area contributed by atoms with E-state index in [1.165, 1.54) is 0 Å². The lowest BCUT2D eigenvalue weighted by Gasteiger charge is -2.02. The minimum absolute atomic E-state index is 0.338. The van der Waals surface area contributed by atoms with Crippen molar-refractivity contribution in [1.82, 2.24) is 5.32 Å². The Kier molecular flexibility index (Phi) is 1.77. The molecule has 0 saturated heterocycles. The Bertz CT molecular complexity index is 462. The summed E-state index contributed by atoms with van der Waals surface area (Å²) in [6.45, 7) is 0.760. The molecule has 1 aromatic carbocycles. The largest absolute Gasteiger partial charge is 0.478 e. The number of aromatic carboxylic acids is 1. The first kappa shape index (κ1) is 7.86. The van der Waals surface area contributed by atoms with Crippen molar-refractivity contribution in [2.45, 2.75) is 0 Å². The normalized spacial score (nSPS) is 13.2. The Labute approximate surface area is 75.0 Å². The summed E-state index contributed by atoms with van der Waals surface area (Å²) < 4.78 is 0. The second kappa shape index (κ2) is 2.94. The standard InChI is InChI=1S/C10H9NO2/c12-10(13)8-1-2-9-6-11-4-3-7(9)5-8/h1-3,5-6,11H,4H2,(H,12,13). The van der Waals surface area contributed by atoms with E-state index in [1.807, 2.05) is 12.3 Å². The molecule has 0 aliphatic carbocycles. The minimum atomic E-state index is -0.880. The average Bonchev–Trinajstić information content (AvgIpc) is 2.17. The monoisotopic (exact) mass is 175 g/mol. The molecule has 0 bridgehead atoms. The number of fused-ring (bicyclic) bond motifs is 1. The third-order valence-corrected chi connectivity index (χ3v) is 2.03. The van der Waals surface area contributed by atoms with Crippen molar-refractivity contribution in [3.63, 3.8) is 0 Å². The van der Waals surface area contributed by atoms with Gasteiger partial charge in [0.25, 0.3) is 0 Å². The third kappa shape index (κ3) is 1.40. The molecule has 0 spiro atoms. The number of benzene rings is 1. The fourth-order valence-corrected chi connectivity index (χ4v) is 1.35. The van der Waals surface area contributed by atoms with E-state index in [0.717, 1.165) is 17.0 Å². The molecule has 0 radical (unpaired) electrons. The van der Waals surface area contributed by atoms with Gasteiger partial charge >= 0.3 is 5.97 Å². The molecule has 13 heavy (non-hydrogen) atoms. The summed E-state index contributed by atoms with van der Waals surface area (Å²) in [5, 5.41) is 13.8. The number of rotatable bonds is 1. The van der Waals surface area contributed by atoms with Gasteiger partial charge in [-0.3, -0.25) is 0 Å². The molecule has 0 unspecified atom stereocenters. The van der Waals surface area contributed by atoms with Crippen molar-refractivity contribution in [1.29, 1.82) is 0 Å². The maximum Gasteiger partial charge on any atom is 0.335 e. The number of carboxylic acid groups (broad SMARTS) is 1. The number of hydrogen-bond donors (Lipinski definition) is 2. The van der Waals surface area contributed by atoms with Crippen LogP contribution in [0, 0.1) is 0 Å². The van der Waals surface area contributed by atoms with Crippen LogP contribution in [0.4, 0.5) is 0 Å². The number of carbonyl (C=O) groups is 1. The third-order valence-electron chi connectivity index (χ3n) is 2.03. The van der Waals surface area contributed by atoms with E-state index in [-0.39, 0.29) is 0 Å². The molecule has 1 aromatic rings. The van der Waals surface area contributed by atoms with Crippen LogP contribution < -0.4 is 15.8 Å². The van der Waals surface area contributed by atoms with Crippen molar-refractivity contribution in [2.24, 2.45) is 0 Å². The Morgan fingerprint density at radius 3 is 3.00 bits per heavy atom. The lowest BCUT2D eigenvalue weighted by Crippen LogP contribution is -2.33. The SMILES string of the molecule is O=C(O)c1ccc2c(c1)=CCNC=2. The van der Waals surface area contributed by atoms with E-state index < -0.39 is 5.97 Å². The summed E-state index contributed by atoms with van der Waals surface area (Å²) in [4.78, 5) is 10.6. The molecular weight excluding hydrogens is 166 g/mol. The Morgan fingerprint density at radius 1 is 1.38 bits per heavy atom. The highest BCUT2D eigenvalue weighted by Crippen LogP contribution is 1.91. The van der Waals surface area contributed by atoms with Crippen LogP contribution in [0.3, 0.4) is 0 Å². The van der Waals surface area contributed by atoms with Gasteiger partial charge in [0.2, 0.25) is 0 Å². The quantitative estimate of drug-likeness (QED) is 0.605. The molecule has 0 amide bonds. The van der Waals surface area contributed by atoms with Gasteiger partial charge in [0.05, 0.1) is 5.56 Å². The molecule has 2 N–H and O–H groups in total. The second-order valence-corrected chi connectivity index (χ2v) is 2.91. The Balaban J connectivity index is 2.67. The molecule has 3 nitrogen and oxygen atoms in total. The zero-order chi connectivity index (χ0) is 9.26. The molecule has 66 valence electrons. The maximum atomic E-state index is 10.6. The zero-order valence-corrected chi connectivity index (χ0v) is 6.95. The molecule has 1 heterocycles. The lowest BCUT2D eigenvalue weighted by molar-refractivity contribution is 0.0697. The summed E-state index contributed by atoms with van der Waals surface area (Å²) >= 11 is 0. The van der Waals surface area contributed by atoms with E-state index in [2.05, 4.69) is 5.32 Å². The highest BCUT2D eigenvalue weighted by Gasteiger charge is 2.01. The van der Waals surface area contributed by atoms with E-state index in [9.17, 15) is 4.79 Å². The number of nitrogens with one attached hydrogen (secondary N) is 1. The Morgan fingerprint density at radius 2 is 2.23 bits per heavy atom. The molecule has 0 saturated carbocycles. The summed E-state index contributed by atoms with van der Waals surface area (Å²) in [5.74, 6) is -0.880. The van der Waals surface area contributed by atoms with Crippen LogP contribution in [0.15, 0.2) is 18.2 Å². The van der Waals surface area contributed by atoms with Crippen LogP contribution in [0.2, 0.25) is 0 Å². The highest BCUT2D eigenvalue weighted by atomic mass is 16.4. The van der Waals surface area contributed by atoms with Crippen LogP contribution in [0.25, 0.3) is 12.3 Å². The Hall–Kier alpha value is -1.77. The van der Waals surface area contributed by atoms with Gasteiger partial charge in [0.15, 0.2) is 0 Å². The van der Waals surface area contributed by atoms with Gasteiger partial charge in [-0.2, -0.15) is 0 Å². The lowest BCUT2D eigenvalue weighted by atomic mass is 10.1. The second-order valence-electron chi connectivity index (χ2n) is 2.91. The molecule has 0 fully saturated rings. The summed E-state index contributed by atoms with van der Waals surface area (Å²) in [7, 11) is 0. The minimum Gasteiger partial charge on any atom is -0.478 e. The van der Waals surface area contributed by atoms with Gasteiger partial charge in [-0.1, -0.05) is 12.1 Å². The zero-order valence-electron chi connectivity index (χ0n) is 6.95. The van der Waals surface area contributed by atoms with E-state index in [0.29, 0.717) is 5.56 Å². The number of carboxylic acids is 1. The first-order valence-corrected chi connectivity index (χ1v) is 4.04. The van der Waals surface area contributed by atoms with Crippen molar-refractivity contribution < 1.29 is 9.90 Å². The van der Waals surface area contributed by atoms with Crippen molar-refractivity contribution >= 4 is 18.2 Å². The fourth-order valence-electron chi connectivity index (χ4n) is 1.35. The predicted octanol–water partition coefficient (Wildman–Crippen LogP) is -0.494. The molecule has 2 rings (SSSR count). The highest BCUT2D eigenvalue weighted by molar-refractivity contribution is 5.87. The van der Waals surface area contributed by atoms with Crippen LogP contribution in [0.5, 0.6) is 0 Å². The maximum absolute atomic E-state index is 10.6. The van der Waals surface area contributed by atoms with Crippen molar-refractivity contribution in [2.75, 3.05) is 6.54 Å². The molecule has 1 aliphatic rings. The van der Waals surface area contributed by atoms with Crippen molar-refractivity contribution in [3.8, 4) is 0 Å². The summed E-state index contributed by atoms with van der Waals surface area (Å²) in [6.07, 6.45) is 3.86. The molecule has 0 aromatic heterocycles. The van der Waals surface area contributed by atoms with Crippen LogP contribution in [-0.2, 0) is 0 Å². The van der Waals surface area contributed by atoms with Crippen molar-refractivity contribution in [3.05, 3.63) is 34.2 Å². The van der Waals surface area contributed by atoms with Gasteiger partial charge in [0.1, 0.15) is 0 Å². The van der Waals surface area contributed by atoms with Gasteiger partial charge in [-0.25, -0.2) is 4.79 Å². The topological polar surface area (TPSA) is 49.3 Å². The predicted molar refractivity (Wildman–Crippen MR) is 49.6 cm³/mol. The van der Waals surface area contributed by atoms with Gasteiger partial charge in [-0.05, 0) is 22.6 Å². The van der Waals surface area contributed by atoms with Gasteiger partial charge in [-0.15, -0.1) is 0 Å². The first-order chi connectivity index (χ1) is 6.27. The number of hydrogen-bond acceptors (Lipinski definition) is 2. The van der Waals surface area contributed by atoms with E-state index in [1.54, 1.807) is 18.2 Å². The van der Waals surface area contributed by atoms with Crippen LogP contribution >= 0.6 is 0 Å². The molecule has 0 atom stereocenters. The van der Waals surface area contributed by atoms with Crippen LogP contribution in [0.1, 0.15) is 10.4 Å². The summed E-state index contributed by atoms with van der Waals surface area (Å²) in [6, 6.07) is 5.11. The van der Waals surface area contributed by atoms with E-state index in [4.69, 9.17) is 5.11 Å². The van der Waals surface area contributed by atoms with Gasteiger partial charge in [0, 0.05) is 12.7 Å². The smallest absolute Gasteiger partial charge is 0.335 e.